The Morgan fingerprint density at radius 3 is 2.04 bits per heavy atom. The minimum Gasteiger partial charge on any atom is -0.494 e. The zero-order valence-corrected chi connectivity index (χ0v) is 13.8. The SMILES string of the molecule is Oc1c2c(c(O)n1-c1ccccc1Cl)C1CC2C2C3C=CC(C3)C12. The number of para-hydroxylation sites is 1. The molecule has 6 unspecified atom stereocenters. The van der Waals surface area contributed by atoms with E-state index in [1.807, 2.05) is 18.2 Å². The van der Waals surface area contributed by atoms with Crippen LogP contribution in [0.15, 0.2) is 36.4 Å². The van der Waals surface area contributed by atoms with Crippen LogP contribution in [0.3, 0.4) is 0 Å². The van der Waals surface area contributed by atoms with E-state index >= 15 is 0 Å². The maximum Gasteiger partial charge on any atom is 0.202 e. The summed E-state index contributed by atoms with van der Waals surface area (Å²) in [5, 5.41) is 22.4. The van der Waals surface area contributed by atoms with Gasteiger partial charge in [0.25, 0.3) is 0 Å². The van der Waals surface area contributed by atoms with Crippen LogP contribution in [0.2, 0.25) is 5.02 Å². The Bertz CT molecular complexity index is 867. The van der Waals surface area contributed by atoms with Crippen LogP contribution in [0.4, 0.5) is 0 Å². The van der Waals surface area contributed by atoms with E-state index in [0.717, 1.165) is 17.5 Å². The second kappa shape index (κ2) is 4.20. The molecular weight excluding hydrogens is 322 g/mol. The third-order valence-electron chi connectivity index (χ3n) is 7.05. The Morgan fingerprint density at radius 2 is 1.46 bits per heavy atom. The van der Waals surface area contributed by atoms with Crippen LogP contribution in [0.25, 0.3) is 5.69 Å². The van der Waals surface area contributed by atoms with Crippen molar-refractivity contribution in [2.45, 2.75) is 24.7 Å². The highest BCUT2D eigenvalue weighted by Crippen LogP contribution is 2.72. The van der Waals surface area contributed by atoms with Crippen LogP contribution in [0.5, 0.6) is 11.8 Å². The Labute approximate surface area is 145 Å². The minimum absolute atomic E-state index is 0.188. The summed E-state index contributed by atoms with van der Waals surface area (Å²) in [6.07, 6.45) is 7.11. The molecule has 6 atom stereocenters. The molecule has 6 rings (SSSR count). The van der Waals surface area contributed by atoms with Crippen molar-refractivity contribution < 1.29 is 10.2 Å². The molecule has 2 saturated carbocycles. The number of aromatic nitrogens is 1. The molecule has 1 aromatic heterocycles. The average Bonchev–Trinajstić information content (AvgIpc) is 3.35. The second-order valence-electron chi connectivity index (χ2n) is 7.81. The number of halogens is 1. The molecule has 2 aromatic rings. The highest BCUT2D eigenvalue weighted by atomic mass is 35.5. The standard InChI is InChI=1S/C20H18ClNO2/c21-13-3-1-2-4-14(13)22-19(23)17-11-8-12(18(17)20(22)24)16-10-6-5-9(7-10)15(11)16/h1-6,9-12,15-16,23-24H,7-8H2. The third kappa shape index (κ3) is 1.34. The molecule has 0 radical (unpaired) electrons. The van der Waals surface area contributed by atoms with E-state index in [4.69, 9.17) is 11.6 Å². The van der Waals surface area contributed by atoms with Crippen molar-refractivity contribution >= 4 is 11.6 Å². The van der Waals surface area contributed by atoms with E-state index in [0.29, 0.717) is 46.2 Å². The van der Waals surface area contributed by atoms with Crippen LogP contribution in [0, 0.1) is 23.7 Å². The number of fused-ring (bicyclic) bond motifs is 12. The molecule has 1 heterocycles. The molecule has 24 heavy (non-hydrogen) atoms. The predicted molar refractivity (Wildman–Crippen MR) is 91.9 cm³/mol. The van der Waals surface area contributed by atoms with Crippen molar-refractivity contribution in [1.29, 1.82) is 0 Å². The van der Waals surface area contributed by atoms with Gasteiger partial charge in [-0.25, -0.2) is 4.57 Å². The molecule has 0 aliphatic heterocycles. The molecule has 3 nitrogen and oxygen atoms in total. The maximum atomic E-state index is 10.9. The lowest BCUT2D eigenvalue weighted by molar-refractivity contribution is 0.298. The van der Waals surface area contributed by atoms with Gasteiger partial charge in [0.1, 0.15) is 0 Å². The quantitative estimate of drug-likeness (QED) is 0.590. The number of nitrogens with zero attached hydrogens (tertiary/aromatic N) is 1. The summed E-state index contributed by atoms with van der Waals surface area (Å²) in [6, 6.07) is 7.35. The molecule has 122 valence electrons. The van der Waals surface area contributed by atoms with Gasteiger partial charge in [-0.05, 0) is 60.5 Å². The largest absolute Gasteiger partial charge is 0.494 e. The summed E-state index contributed by atoms with van der Waals surface area (Å²) < 4.78 is 1.54. The first-order valence-corrected chi connectivity index (χ1v) is 9.14. The topological polar surface area (TPSA) is 45.4 Å². The molecule has 4 aliphatic rings. The summed E-state index contributed by atoms with van der Waals surface area (Å²) in [5.41, 5.74) is 2.62. The lowest BCUT2D eigenvalue weighted by Crippen LogP contribution is -2.24. The number of allylic oxidation sites excluding steroid dienone is 2. The summed E-state index contributed by atoms with van der Waals surface area (Å²) in [5.74, 6) is 3.74. The average molecular weight is 340 g/mol. The van der Waals surface area contributed by atoms with Gasteiger partial charge < -0.3 is 10.2 Å². The Hall–Kier alpha value is -1.87. The van der Waals surface area contributed by atoms with E-state index < -0.39 is 0 Å². The van der Waals surface area contributed by atoms with Crippen LogP contribution in [0.1, 0.15) is 35.8 Å². The summed E-state index contributed by atoms with van der Waals surface area (Å²) in [6.45, 7) is 0. The normalized spacial score (nSPS) is 37.2. The minimum atomic E-state index is 0.188. The van der Waals surface area contributed by atoms with Crippen LogP contribution < -0.4 is 0 Å². The molecule has 0 amide bonds. The first-order chi connectivity index (χ1) is 11.7. The van der Waals surface area contributed by atoms with Crippen molar-refractivity contribution in [3.05, 3.63) is 52.6 Å². The molecular formula is C20H18ClNO2. The number of aromatic hydroxyl groups is 2. The van der Waals surface area contributed by atoms with Crippen molar-refractivity contribution in [3.8, 4) is 17.4 Å². The highest BCUT2D eigenvalue weighted by molar-refractivity contribution is 6.32. The lowest BCUT2D eigenvalue weighted by atomic mass is 9.72. The second-order valence-corrected chi connectivity index (χ2v) is 8.22. The maximum absolute atomic E-state index is 10.9. The molecule has 0 saturated heterocycles. The van der Waals surface area contributed by atoms with Crippen LogP contribution >= 0.6 is 11.6 Å². The smallest absolute Gasteiger partial charge is 0.202 e. The Kier molecular flexibility index (Phi) is 2.35. The fourth-order valence-corrected chi connectivity index (χ4v) is 6.64. The Morgan fingerprint density at radius 1 is 0.875 bits per heavy atom. The number of hydrogen-bond acceptors (Lipinski definition) is 2. The van der Waals surface area contributed by atoms with Crippen LogP contribution in [-0.2, 0) is 0 Å². The van der Waals surface area contributed by atoms with Crippen molar-refractivity contribution in [3.63, 3.8) is 0 Å². The molecule has 4 heteroatoms. The molecule has 2 fully saturated rings. The first-order valence-electron chi connectivity index (χ1n) is 8.76. The number of hydrogen-bond donors (Lipinski definition) is 2. The van der Waals surface area contributed by atoms with Gasteiger partial charge in [0, 0.05) is 11.1 Å². The van der Waals surface area contributed by atoms with Gasteiger partial charge in [-0.15, -0.1) is 0 Å². The highest BCUT2D eigenvalue weighted by Gasteiger charge is 2.62. The van der Waals surface area contributed by atoms with Crippen molar-refractivity contribution in [2.75, 3.05) is 0 Å². The van der Waals surface area contributed by atoms with E-state index in [2.05, 4.69) is 12.2 Å². The van der Waals surface area contributed by atoms with Crippen molar-refractivity contribution in [2.24, 2.45) is 23.7 Å². The zero-order valence-electron chi connectivity index (χ0n) is 13.1. The van der Waals surface area contributed by atoms with Gasteiger partial charge in [-0.1, -0.05) is 35.9 Å². The van der Waals surface area contributed by atoms with E-state index in [-0.39, 0.29) is 11.8 Å². The summed E-state index contributed by atoms with van der Waals surface area (Å²) in [7, 11) is 0. The van der Waals surface area contributed by atoms with Crippen LogP contribution in [-0.4, -0.2) is 14.8 Å². The Balaban J connectivity index is 1.57. The van der Waals surface area contributed by atoms with Gasteiger partial charge >= 0.3 is 0 Å². The zero-order chi connectivity index (χ0) is 16.2. The third-order valence-corrected chi connectivity index (χ3v) is 7.37. The van der Waals surface area contributed by atoms with Gasteiger partial charge in [0.2, 0.25) is 11.8 Å². The van der Waals surface area contributed by atoms with Gasteiger partial charge in [-0.3, -0.25) is 0 Å². The monoisotopic (exact) mass is 339 g/mol. The van der Waals surface area contributed by atoms with Crippen molar-refractivity contribution in [1.82, 2.24) is 4.57 Å². The van der Waals surface area contributed by atoms with E-state index in [9.17, 15) is 10.2 Å². The fourth-order valence-electron chi connectivity index (χ4n) is 6.41. The van der Waals surface area contributed by atoms with Gasteiger partial charge in [-0.2, -0.15) is 0 Å². The molecule has 4 bridgehead atoms. The molecule has 1 aromatic carbocycles. The first kappa shape index (κ1) is 13.4. The van der Waals surface area contributed by atoms with E-state index in [1.54, 1.807) is 10.6 Å². The van der Waals surface area contributed by atoms with E-state index in [1.165, 1.54) is 6.42 Å². The van der Waals surface area contributed by atoms with Gasteiger partial charge in [0.15, 0.2) is 0 Å². The number of rotatable bonds is 1. The lowest BCUT2D eigenvalue weighted by Gasteiger charge is -2.31. The number of benzene rings is 1. The predicted octanol–water partition coefficient (Wildman–Crippen LogP) is 4.56. The summed E-state index contributed by atoms with van der Waals surface area (Å²) >= 11 is 6.31. The molecule has 0 spiro atoms. The fraction of sp³-hybridized carbons (Fsp3) is 0.400. The molecule has 2 N–H and O–H groups in total. The van der Waals surface area contributed by atoms with Gasteiger partial charge in [0.05, 0.1) is 10.7 Å². The molecule has 4 aliphatic carbocycles. The summed E-state index contributed by atoms with van der Waals surface area (Å²) in [4.78, 5) is 0.